The molecule has 0 aliphatic carbocycles. The van der Waals surface area contributed by atoms with Gasteiger partial charge in [-0.15, -0.1) is 11.3 Å². The van der Waals surface area contributed by atoms with E-state index in [4.69, 9.17) is 5.73 Å². The molecule has 1 aromatic carbocycles. The normalized spacial score (nSPS) is 11.8. The second-order valence-corrected chi connectivity index (χ2v) is 5.39. The van der Waals surface area contributed by atoms with Crippen molar-refractivity contribution >= 4 is 11.3 Å². The zero-order valence-electron chi connectivity index (χ0n) is 10.8. The maximum Gasteiger partial charge on any atom is 0.416 e. The van der Waals surface area contributed by atoms with Crippen molar-refractivity contribution in [2.75, 3.05) is 6.54 Å². The number of nitrogens with two attached hydrogens (primary N) is 1. The Bertz CT molecular complexity index is 564. The Morgan fingerprint density at radius 1 is 1.20 bits per heavy atom. The molecule has 0 saturated heterocycles. The quantitative estimate of drug-likeness (QED) is 0.844. The molecule has 0 fully saturated rings. The highest BCUT2D eigenvalue weighted by Crippen LogP contribution is 2.32. The van der Waals surface area contributed by atoms with Gasteiger partial charge < -0.3 is 5.73 Å². The summed E-state index contributed by atoms with van der Waals surface area (Å²) in [5.41, 5.74) is 5.88. The average Bonchev–Trinajstić information content (AvgIpc) is 2.87. The van der Waals surface area contributed by atoms with Crippen LogP contribution in [-0.4, -0.2) is 11.5 Å². The fourth-order valence-corrected chi connectivity index (χ4v) is 2.68. The molecule has 0 saturated carbocycles. The Kier molecular flexibility index (Phi) is 4.77. The van der Waals surface area contributed by atoms with Crippen molar-refractivity contribution in [3.63, 3.8) is 0 Å². The second kappa shape index (κ2) is 6.37. The molecule has 0 radical (unpaired) electrons. The zero-order chi connectivity index (χ0) is 14.6. The van der Waals surface area contributed by atoms with Crippen LogP contribution >= 0.6 is 11.3 Å². The SMILES string of the molecule is NCCCCc1nc(-c2cccc(C(F)(F)F)c2)cs1. The number of alkyl halides is 3. The van der Waals surface area contributed by atoms with Gasteiger partial charge in [-0.05, 0) is 37.9 Å². The minimum atomic E-state index is -4.32. The summed E-state index contributed by atoms with van der Waals surface area (Å²) in [7, 11) is 0. The van der Waals surface area contributed by atoms with Crippen LogP contribution in [0.15, 0.2) is 29.6 Å². The highest BCUT2D eigenvalue weighted by Gasteiger charge is 2.30. The van der Waals surface area contributed by atoms with Gasteiger partial charge in [-0.1, -0.05) is 12.1 Å². The number of hydrogen-bond acceptors (Lipinski definition) is 3. The van der Waals surface area contributed by atoms with Crippen LogP contribution in [0.2, 0.25) is 0 Å². The first-order valence-corrected chi connectivity index (χ1v) is 7.21. The Morgan fingerprint density at radius 2 is 2.00 bits per heavy atom. The lowest BCUT2D eigenvalue weighted by Gasteiger charge is -2.07. The maximum atomic E-state index is 12.7. The summed E-state index contributed by atoms with van der Waals surface area (Å²) >= 11 is 1.47. The minimum absolute atomic E-state index is 0.501. The summed E-state index contributed by atoms with van der Waals surface area (Å²) < 4.78 is 38.0. The van der Waals surface area contributed by atoms with Crippen LogP contribution in [0, 0.1) is 0 Å². The Morgan fingerprint density at radius 3 is 2.70 bits per heavy atom. The van der Waals surface area contributed by atoms with E-state index in [1.165, 1.54) is 17.4 Å². The third kappa shape index (κ3) is 3.80. The van der Waals surface area contributed by atoms with Gasteiger partial charge in [-0.2, -0.15) is 13.2 Å². The molecule has 0 aliphatic rings. The Balaban J connectivity index is 2.16. The number of thiazole rings is 1. The fourth-order valence-electron chi connectivity index (χ4n) is 1.83. The lowest BCUT2D eigenvalue weighted by molar-refractivity contribution is -0.137. The van der Waals surface area contributed by atoms with Crippen LogP contribution in [0.3, 0.4) is 0 Å². The third-order valence-electron chi connectivity index (χ3n) is 2.88. The molecule has 108 valence electrons. The van der Waals surface area contributed by atoms with Gasteiger partial charge in [0.2, 0.25) is 0 Å². The van der Waals surface area contributed by atoms with E-state index in [2.05, 4.69) is 4.98 Å². The molecule has 1 aromatic heterocycles. The second-order valence-electron chi connectivity index (χ2n) is 4.45. The van der Waals surface area contributed by atoms with Gasteiger partial charge in [0, 0.05) is 10.9 Å². The smallest absolute Gasteiger partial charge is 0.330 e. The summed E-state index contributed by atoms with van der Waals surface area (Å²) in [5, 5.41) is 2.73. The van der Waals surface area contributed by atoms with Crippen LogP contribution < -0.4 is 5.73 Å². The number of nitrogens with zero attached hydrogens (tertiary/aromatic N) is 1. The number of hydrogen-bond donors (Lipinski definition) is 1. The monoisotopic (exact) mass is 300 g/mol. The summed E-state index contributed by atoms with van der Waals surface area (Å²) in [5.74, 6) is 0. The zero-order valence-corrected chi connectivity index (χ0v) is 11.6. The Labute approximate surface area is 119 Å². The molecule has 0 atom stereocenters. The largest absolute Gasteiger partial charge is 0.416 e. The van der Waals surface area contributed by atoms with Crippen molar-refractivity contribution < 1.29 is 13.2 Å². The first kappa shape index (κ1) is 15.0. The summed E-state index contributed by atoms with van der Waals surface area (Å²) in [4.78, 5) is 4.39. The van der Waals surface area contributed by atoms with Crippen LogP contribution in [0.4, 0.5) is 13.2 Å². The van der Waals surface area contributed by atoms with Crippen LogP contribution in [-0.2, 0) is 12.6 Å². The molecule has 1 heterocycles. The first-order chi connectivity index (χ1) is 9.50. The molecular formula is C14H15F3N2S. The van der Waals surface area contributed by atoms with Crippen molar-refractivity contribution in [1.29, 1.82) is 0 Å². The summed E-state index contributed by atoms with van der Waals surface area (Å²) in [6, 6.07) is 5.26. The van der Waals surface area contributed by atoms with Crippen molar-refractivity contribution in [3.8, 4) is 11.3 Å². The first-order valence-electron chi connectivity index (χ1n) is 6.33. The standard InChI is InChI=1S/C14H15F3N2S/c15-14(16,17)11-5-3-4-10(8-11)12-9-20-13(19-12)6-1-2-7-18/h3-5,8-9H,1-2,6-7,18H2. The molecule has 0 amide bonds. The van der Waals surface area contributed by atoms with Gasteiger partial charge in [-0.25, -0.2) is 4.98 Å². The van der Waals surface area contributed by atoms with Gasteiger partial charge in [0.1, 0.15) is 0 Å². The van der Waals surface area contributed by atoms with Crippen molar-refractivity contribution in [1.82, 2.24) is 4.98 Å². The third-order valence-corrected chi connectivity index (χ3v) is 3.79. The van der Waals surface area contributed by atoms with Gasteiger partial charge in [0.25, 0.3) is 0 Å². The molecule has 20 heavy (non-hydrogen) atoms. The van der Waals surface area contributed by atoms with Crippen molar-refractivity contribution in [3.05, 3.63) is 40.2 Å². The molecule has 2 N–H and O–H groups in total. The predicted octanol–water partition coefficient (Wildman–Crippen LogP) is 4.11. The summed E-state index contributed by atoms with van der Waals surface area (Å²) in [6.07, 6.45) is -1.62. The number of benzene rings is 1. The number of rotatable bonds is 5. The van der Waals surface area contributed by atoms with E-state index < -0.39 is 11.7 Å². The highest BCUT2D eigenvalue weighted by molar-refractivity contribution is 7.09. The molecule has 0 spiro atoms. The summed E-state index contributed by atoms with van der Waals surface area (Å²) in [6.45, 7) is 0.645. The minimum Gasteiger partial charge on any atom is -0.330 e. The molecule has 2 nitrogen and oxygen atoms in total. The fraction of sp³-hybridized carbons (Fsp3) is 0.357. The number of aryl methyl sites for hydroxylation is 1. The van der Waals surface area contributed by atoms with Crippen molar-refractivity contribution in [2.24, 2.45) is 5.73 Å². The molecule has 0 bridgehead atoms. The van der Waals surface area contributed by atoms with Crippen LogP contribution in [0.25, 0.3) is 11.3 Å². The number of aromatic nitrogens is 1. The van der Waals surface area contributed by atoms with E-state index in [1.54, 1.807) is 11.4 Å². The highest BCUT2D eigenvalue weighted by atomic mass is 32.1. The van der Waals surface area contributed by atoms with Crippen molar-refractivity contribution in [2.45, 2.75) is 25.4 Å². The van der Waals surface area contributed by atoms with E-state index in [0.29, 0.717) is 17.8 Å². The molecule has 2 rings (SSSR count). The molecular weight excluding hydrogens is 285 g/mol. The van der Waals surface area contributed by atoms with Gasteiger partial charge >= 0.3 is 6.18 Å². The lowest BCUT2D eigenvalue weighted by Crippen LogP contribution is -2.04. The lowest BCUT2D eigenvalue weighted by atomic mass is 10.1. The van der Waals surface area contributed by atoms with E-state index in [0.717, 1.165) is 36.4 Å². The van der Waals surface area contributed by atoms with E-state index >= 15 is 0 Å². The van der Waals surface area contributed by atoms with Gasteiger partial charge in [0.15, 0.2) is 0 Å². The average molecular weight is 300 g/mol. The molecule has 0 unspecified atom stereocenters. The Hall–Kier alpha value is -1.40. The molecule has 2 aromatic rings. The van der Waals surface area contributed by atoms with Gasteiger partial charge in [-0.3, -0.25) is 0 Å². The van der Waals surface area contributed by atoms with Crippen LogP contribution in [0.5, 0.6) is 0 Å². The topological polar surface area (TPSA) is 38.9 Å². The maximum absolute atomic E-state index is 12.7. The predicted molar refractivity (Wildman–Crippen MR) is 74.5 cm³/mol. The van der Waals surface area contributed by atoms with Gasteiger partial charge in [0.05, 0.1) is 16.3 Å². The molecule has 6 heteroatoms. The van der Waals surface area contributed by atoms with E-state index in [-0.39, 0.29) is 0 Å². The number of halogens is 3. The number of unbranched alkanes of at least 4 members (excludes halogenated alkanes) is 1. The van der Waals surface area contributed by atoms with E-state index in [9.17, 15) is 13.2 Å². The molecule has 0 aliphatic heterocycles. The van der Waals surface area contributed by atoms with E-state index in [1.807, 2.05) is 0 Å². The van der Waals surface area contributed by atoms with Crippen LogP contribution in [0.1, 0.15) is 23.4 Å².